The van der Waals surface area contributed by atoms with Crippen molar-refractivity contribution in [3.8, 4) is 22.5 Å². The first-order chi connectivity index (χ1) is 13.0. The Morgan fingerprint density at radius 1 is 1.11 bits per heavy atom. The van der Waals surface area contributed by atoms with Crippen LogP contribution in [0.4, 0.5) is 0 Å². The van der Waals surface area contributed by atoms with Gasteiger partial charge < -0.3 is 5.11 Å². The second-order valence-electron chi connectivity index (χ2n) is 6.55. The van der Waals surface area contributed by atoms with Crippen molar-refractivity contribution >= 4 is 10.9 Å². The van der Waals surface area contributed by atoms with E-state index in [2.05, 4.69) is 15.2 Å². The minimum Gasteiger partial charge on any atom is -0.394 e. The average Bonchev–Trinajstić information content (AvgIpc) is 3.29. The summed E-state index contributed by atoms with van der Waals surface area (Å²) < 4.78 is 4.79. The van der Waals surface area contributed by atoms with Crippen LogP contribution in [0.2, 0.25) is 0 Å². The number of hydrogen-bond acceptors (Lipinski definition) is 6. The lowest BCUT2D eigenvalue weighted by Gasteiger charge is -2.13. The van der Waals surface area contributed by atoms with Gasteiger partial charge in [-0.3, -0.25) is 18.7 Å². The molecule has 0 aromatic carbocycles. The predicted molar refractivity (Wildman–Crippen MR) is 100.0 cm³/mol. The highest BCUT2D eigenvalue weighted by molar-refractivity contribution is 5.93. The van der Waals surface area contributed by atoms with Gasteiger partial charge >= 0.3 is 0 Å². The maximum absolute atomic E-state index is 13.0. The highest BCUT2D eigenvalue weighted by Crippen LogP contribution is 2.28. The molecule has 0 saturated heterocycles. The Hall–Kier alpha value is -3.33. The summed E-state index contributed by atoms with van der Waals surface area (Å²) >= 11 is 0. The second-order valence-corrected chi connectivity index (χ2v) is 6.55. The fourth-order valence-electron chi connectivity index (χ4n) is 2.99. The predicted octanol–water partition coefficient (Wildman–Crippen LogP) is 1.15. The molecule has 1 atom stereocenters. The van der Waals surface area contributed by atoms with Gasteiger partial charge in [-0.2, -0.15) is 10.2 Å². The first kappa shape index (κ1) is 17.1. The van der Waals surface area contributed by atoms with Crippen LogP contribution in [0, 0.1) is 0 Å². The van der Waals surface area contributed by atoms with Gasteiger partial charge in [0.15, 0.2) is 0 Å². The summed E-state index contributed by atoms with van der Waals surface area (Å²) in [7, 11) is 3.64. The number of rotatable bonds is 4. The summed E-state index contributed by atoms with van der Waals surface area (Å²) in [5.74, 6) is 0. The van der Waals surface area contributed by atoms with E-state index in [1.165, 1.54) is 10.9 Å². The molecule has 0 bridgehead atoms. The van der Waals surface area contributed by atoms with Crippen LogP contribution in [-0.4, -0.2) is 45.8 Å². The lowest BCUT2D eigenvalue weighted by molar-refractivity contribution is 0.236. The molecule has 0 spiro atoms. The van der Waals surface area contributed by atoms with Crippen LogP contribution in [0.3, 0.4) is 0 Å². The molecule has 0 radical (unpaired) electrons. The maximum Gasteiger partial charge on any atom is 0.261 e. The van der Waals surface area contributed by atoms with Gasteiger partial charge in [-0.25, -0.2) is 9.97 Å². The summed E-state index contributed by atoms with van der Waals surface area (Å²) in [4.78, 5) is 22.3. The summed E-state index contributed by atoms with van der Waals surface area (Å²) in [6.07, 6.45) is 8.52. The lowest BCUT2D eigenvalue weighted by Crippen LogP contribution is -2.25. The van der Waals surface area contributed by atoms with Crippen LogP contribution in [0.15, 0.2) is 42.0 Å². The molecule has 0 amide bonds. The third kappa shape index (κ3) is 2.91. The molecule has 4 rings (SSSR count). The third-order valence-corrected chi connectivity index (χ3v) is 4.49. The van der Waals surface area contributed by atoms with Crippen LogP contribution in [0.5, 0.6) is 0 Å². The zero-order valence-electron chi connectivity index (χ0n) is 15.2. The fraction of sp³-hybridized carbons (Fsp3) is 0.278. The van der Waals surface area contributed by atoms with Crippen molar-refractivity contribution in [2.24, 2.45) is 14.1 Å². The van der Waals surface area contributed by atoms with Crippen molar-refractivity contribution in [3.05, 3.63) is 47.5 Å². The second kappa shape index (κ2) is 6.44. The zero-order valence-corrected chi connectivity index (χ0v) is 15.2. The number of aliphatic hydroxyl groups excluding tert-OH is 1. The maximum atomic E-state index is 13.0. The molecule has 9 nitrogen and oxygen atoms in total. The van der Waals surface area contributed by atoms with E-state index in [-0.39, 0.29) is 18.2 Å². The smallest absolute Gasteiger partial charge is 0.261 e. The van der Waals surface area contributed by atoms with Gasteiger partial charge in [0.2, 0.25) is 0 Å². The standard InChI is InChI=1S/C18H19N7O2/c1-11(9-26)25-10-19-17-14(18(25)27)4-15(12-5-20-23(2)7-12)22-16(17)13-6-21-24(3)8-13/h4-8,10-11,26H,9H2,1-3H3. The number of pyridine rings is 1. The van der Waals surface area contributed by atoms with Crippen molar-refractivity contribution in [1.82, 2.24) is 34.1 Å². The Balaban J connectivity index is 2.05. The molecule has 138 valence electrons. The highest BCUT2D eigenvalue weighted by Gasteiger charge is 2.17. The molecule has 0 fully saturated rings. The first-order valence-electron chi connectivity index (χ1n) is 8.48. The van der Waals surface area contributed by atoms with Crippen molar-refractivity contribution in [2.75, 3.05) is 6.61 Å². The molecule has 27 heavy (non-hydrogen) atoms. The molecular formula is C18H19N7O2. The molecule has 0 aliphatic heterocycles. The van der Waals surface area contributed by atoms with Crippen LogP contribution in [-0.2, 0) is 14.1 Å². The van der Waals surface area contributed by atoms with Gasteiger partial charge in [0.25, 0.3) is 5.56 Å². The van der Waals surface area contributed by atoms with E-state index in [0.29, 0.717) is 22.3 Å². The quantitative estimate of drug-likeness (QED) is 0.582. The molecule has 1 unspecified atom stereocenters. The fourth-order valence-corrected chi connectivity index (χ4v) is 2.99. The number of aliphatic hydroxyl groups is 1. The first-order valence-corrected chi connectivity index (χ1v) is 8.48. The molecule has 0 aliphatic carbocycles. The SMILES string of the molecule is CC(CO)n1cnc2c(-c3cnn(C)c3)nc(-c3cnn(C)c3)cc2c1=O. The number of fused-ring (bicyclic) bond motifs is 1. The van der Waals surface area contributed by atoms with Gasteiger partial charge in [0, 0.05) is 37.6 Å². The summed E-state index contributed by atoms with van der Waals surface area (Å²) in [6, 6.07) is 1.36. The van der Waals surface area contributed by atoms with Crippen molar-refractivity contribution in [3.63, 3.8) is 0 Å². The zero-order chi connectivity index (χ0) is 19.1. The largest absolute Gasteiger partial charge is 0.394 e. The van der Waals surface area contributed by atoms with E-state index in [1.54, 1.807) is 34.7 Å². The number of nitrogens with zero attached hydrogens (tertiary/aromatic N) is 7. The molecule has 9 heteroatoms. The van der Waals surface area contributed by atoms with Crippen molar-refractivity contribution in [2.45, 2.75) is 13.0 Å². The van der Waals surface area contributed by atoms with E-state index < -0.39 is 0 Å². The van der Waals surface area contributed by atoms with E-state index in [9.17, 15) is 9.90 Å². The molecule has 4 heterocycles. The summed E-state index contributed by atoms with van der Waals surface area (Å²) in [5.41, 5.74) is 3.06. The molecule has 0 saturated carbocycles. The monoisotopic (exact) mass is 365 g/mol. The Morgan fingerprint density at radius 2 is 1.78 bits per heavy atom. The van der Waals surface area contributed by atoms with Crippen molar-refractivity contribution in [1.29, 1.82) is 0 Å². The number of hydrogen-bond donors (Lipinski definition) is 1. The van der Waals surface area contributed by atoms with E-state index in [4.69, 9.17) is 4.98 Å². The normalized spacial score (nSPS) is 12.6. The summed E-state index contributed by atoms with van der Waals surface area (Å²) in [5, 5.41) is 18.3. The van der Waals surface area contributed by atoms with Gasteiger partial charge in [-0.15, -0.1) is 0 Å². The van der Waals surface area contributed by atoms with Gasteiger partial charge in [-0.05, 0) is 13.0 Å². The van der Waals surface area contributed by atoms with E-state index in [1.807, 2.05) is 26.5 Å². The molecule has 0 aliphatic rings. The Kier molecular flexibility index (Phi) is 4.08. The van der Waals surface area contributed by atoms with Crippen molar-refractivity contribution < 1.29 is 5.11 Å². The third-order valence-electron chi connectivity index (χ3n) is 4.49. The molecular weight excluding hydrogens is 346 g/mol. The molecule has 4 aromatic heterocycles. The van der Waals surface area contributed by atoms with Crippen LogP contribution in [0.25, 0.3) is 33.4 Å². The Labute approximate surface area is 154 Å². The van der Waals surface area contributed by atoms with Crippen LogP contribution in [0.1, 0.15) is 13.0 Å². The van der Waals surface area contributed by atoms with Crippen LogP contribution < -0.4 is 5.56 Å². The summed E-state index contributed by atoms with van der Waals surface area (Å²) in [6.45, 7) is 1.61. The topological polar surface area (TPSA) is 104 Å². The van der Waals surface area contributed by atoms with Gasteiger partial charge in [-0.1, -0.05) is 0 Å². The Morgan fingerprint density at radius 3 is 2.37 bits per heavy atom. The highest BCUT2D eigenvalue weighted by atomic mass is 16.3. The minimum atomic E-state index is -0.369. The van der Waals surface area contributed by atoms with Gasteiger partial charge in [0.1, 0.15) is 11.2 Å². The van der Waals surface area contributed by atoms with Crippen LogP contribution >= 0.6 is 0 Å². The number of aryl methyl sites for hydroxylation is 2. The average molecular weight is 365 g/mol. The Bertz CT molecular complexity index is 1190. The molecule has 1 N–H and O–H groups in total. The minimum absolute atomic E-state index is 0.150. The molecule has 4 aromatic rings. The van der Waals surface area contributed by atoms with Gasteiger partial charge in [0.05, 0.1) is 42.4 Å². The number of aromatic nitrogens is 7. The lowest BCUT2D eigenvalue weighted by atomic mass is 10.1. The van der Waals surface area contributed by atoms with E-state index in [0.717, 1.165) is 11.1 Å². The van der Waals surface area contributed by atoms with E-state index >= 15 is 0 Å².